The molecule has 0 fully saturated rings. The van der Waals surface area contributed by atoms with Crippen molar-refractivity contribution in [1.82, 2.24) is 0 Å². The topological polar surface area (TPSA) is 17.1 Å². The molecule has 0 aliphatic heterocycles. The number of hydrogen-bond acceptors (Lipinski definition) is 1. The van der Waals surface area contributed by atoms with Gasteiger partial charge in [0, 0.05) is 12.0 Å². The summed E-state index contributed by atoms with van der Waals surface area (Å²) in [5.74, 6) is 0.00210. The van der Waals surface area contributed by atoms with Gasteiger partial charge < -0.3 is 0 Å². The summed E-state index contributed by atoms with van der Waals surface area (Å²) in [6, 6.07) is 15.1. The summed E-state index contributed by atoms with van der Waals surface area (Å²) < 4.78 is 0. The molecule has 0 atom stereocenters. The second kappa shape index (κ2) is 5.51. The summed E-state index contributed by atoms with van der Waals surface area (Å²) in [7, 11) is 0. The van der Waals surface area contributed by atoms with E-state index < -0.39 is 0 Å². The average Bonchev–Trinajstić information content (AvgIpc) is 2.79. The predicted octanol–water partition coefficient (Wildman–Crippen LogP) is 5.43. The van der Waals surface area contributed by atoms with Gasteiger partial charge in [-0.15, -0.1) is 0 Å². The van der Waals surface area contributed by atoms with Gasteiger partial charge in [-0.05, 0) is 34.4 Å². The highest BCUT2D eigenvalue weighted by molar-refractivity contribution is 6.42. The second-order valence-corrected chi connectivity index (χ2v) is 5.77. The van der Waals surface area contributed by atoms with Crippen LogP contribution >= 0.6 is 23.2 Å². The van der Waals surface area contributed by atoms with E-state index >= 15 is 0 Å². The van der Waals surface area contributed by atoms with Gasteiger partial charge in [-0.2, -0.15) is 0 Å². The Balaban J connectivity index is 2.20. The lowest BCUT2D eigenvalue weighted by Crippen LogP contribution is -1.97. The van der Waals surface area contributed by atoms with Gasteiger partial charge in [0.15, 0.2) is 5.78 Å². The molecular formula is C18H12Cl2O. The van der Waals surface area contributed by atoms with Crippen LogP contribution in [-0.4, -0.2) is 5.78 Å². The van der Waals surface area contributed by atoms with Crippen molar-refractivity contribution in [3.05, 3.63) is 81.9 Å². The summed E-state index contributed by atoms with van der Waals surface area (Å²) in [5.41, 5.74) is 4.08. The van der Waals surface area contributed by atoms with E-state index in [1.807, 2.05) is 36.4 Å². The zero-order valence-corrected chi connectivity index (χ0v) is 12.7. The molecule has 0 heterocycles. The molecule has 3 heteroatoms. The lowest BCUT2D eigenvalue weighted by molar-refractivity contribution is -0.110. The molecule has 2 aromatic carbocycles. The normalized spacial score (nSPS) is 15.0. The standard InChI is InChI=1S/C18H12Cl2O/c1-11-9-14(13-7-8-15(19)16(20)10-13)17(18(11)21)12-5-3-2-4-6-12/h2-8,10H,1,9H2. The van der Waals surface area contributed by atoms with Crippen molar-refractivity contribution in [2.24, 2.45) is 0 Å². The van der Waals surface area contributed by atoms with Crippen LogP contribution in [-0.2, 0) is 4.79 Å². The van der Waals surface area contributed by atoms with Gasteiger partial charge in [0.1, 0.15) is 0 Å². The van der Waals surface area contributed by atoms with Gasteiger partial charge in [-0.1, -0.05) is 66.2 Å². The van der Waals surface area contributed by atoms with Gasteiger partial charge in [0.2, 0.25) is 0 Å². The number of carbonyl (C=O) groups is 1. The Hall–Kier alpha value is -1.83. The number of Topliss-reactive ketones (excluding diaryl/α,β-unsaturated/α-hetero) is 1. The molecule has 0 saturated carbocycles. The number of carbonyl (C=O) groups excluding carboxylic acids is 1. The largest absolute Gasteiger partial charge is 0.289 e. The Labute approximate surface area is 133 Å². The first-order valence-electron chi connectivity index (χ1n) is 6.54. The first-order valence-corrected chi connectivity index (χ1v) is 7.30. The van der Waals surface area contributed by atoms with Crippen LogP contribution in [0.3, 0.4) is 0 Å². The van der Waals surface area contributed by atoms with E-state index in [2.05, 4.69) is 6.58 Å². The van der Waals surface area contributed by atoms with Crippen LogP contribution in [0.15, 0.2) is 60.7 Å². The van der Waals surface area contributed by atoms with Crippen LogP contribution in [0.4, 0.5) is 0 Å². The lowest BCUT2D eigenvalue weighted by atomic mass is 9.97. The molecule has 1 nitrogen and oxygen atoms in total. The molecule has 0 N–H and O–H groups in total. The third-order valence-electron chi connectivity index (χ3n) is 3.57. The molecule has 0 bridgehead atoms. The van der Waals surface area contributed by atoms with E-state index in [0.717, 1.165) is 16.7 Å². The van der Waals surface area contributed by atoms with Gasteiger partial charge in [-0.25, -0.2) is 0 Å². The van der Waals surface area contributed by atoms with E-state index in [0.29, 0.717) is 27.6 Å². The molecule has 0 unspecified atom stereocenters. The molecule has 21 heavy (non-hydrogen) atoms. The van der Waals surface area contributed by atoms with Crippen molar-refractivity contribution in [2.75, 3.05) is 0 Å². The van der Waals surface area contributed by atoms with Crippen LogP contribution in [0.1, 0.15) is 17.5 Å². The first kappa shape index (κ1) is 14.1. The summed E-state index contributed by atoms with van der Waals surface area (Å²) in [4.78, 5) is 12.4. The zero-order chi connectivity index (χ0) is 15.0. The molecule has 0 aromatic heterocycles. The Kier molecular flexibility index (Phi) is 3.71. The maximum atomic E-state index is 12.4. The van der Waals surface area contributed by atoms with Crippen LogP contribution in [0.2, 0.25) is 10.0 Å². The molecule has 104 valence electrons. The Morgan fingerprint density at radius 3 is 2.29 bits per heavy atom. The summed E-state index contributed by atoms with van der Waals surface area (Å²) in [6.07, 6.45) is 0.543. The van der Waals surface area contributed by atoms with Crippen molar-refractivity contribution in [3.63, 3.8) is 0 Å². The van der Waals surface area contributed by atoms with E-state index in [9.17, 15) is 4.79 Å². The third kappa shape index (κ3) is 2.55. The fourth-order valence-corrected chi connectivity index (χ4v) is 2.83. The Morgan fingerprint density at radius 1 is 0.905 bits per heavy atom. The third-order valence-corrected chi connectivity index (χ3v) is 4.31. The number of ketones is 1. The monoisotopic (exact) mass is 314 g/mol. The van der Waals surface area contributed by atoms with Crippen molar-refractivity contribution >= 4 is 40.1 Å². The minimum absolute atomic E-state index is 0.00210. The second-order valence-electron chi connectivity index (χ2n) is 4.96. The predicted molar refractivity (Wildman–Crippen MR) is 88.5 cm³/mol. The number of allylic oxidation sites excluding steroid dienone is 3. The fraction of sp³-hybridized carbons (Fsp3) is 0.0556. The van der Waals surface area contributed by atoms with Crippen molar-refractivity contribution in [3.8, 4) is 0 Å². The minimum atomic E-state index is 0.00210. The van der Waals surface area contributed by atoms with Gasteiger partial charge in [-0.3, -0.25) is 4.79 Å². The van der Waals surface area contributed by atoms with Crippen LogP contribution < -0.4 is 0 Å². The van der Waals surface area contributed by atoms with Gasteiger partial charge in [0.05, 0.1) is 10.0 Å². The quantitative estimate of drug-likeness (QED) is 0.675. The Morgan fingerprint density at radius 2 is 1.62 bits per heavy atom. The zero-order valence-electron chi connectivity index (χ0n) is 11.2. The van der Waals surface area contributed by atoms with Crippen LogP contribution in [0.25, 0.3) is 11.1 Å². The smallest absolute Gasteiger partial charge is 0.189 e. The van der Waals surface area contributed by atoms with Crippen molar-refractivity contribution in [2.45, 2.75) is 6.42 Å². The maximum Gasteiger partial charge on any atom is 0.189 e. The molecule has 0 spiro atoms. The highest BCUT2D eigenvalue weighted by Crippen LogP contribution is 2.40. The molecule has 1 aliphatic carbocycles. The molecular weight excluding hydrogens is 303 g/mol. The number of halogens is 2. The van der Waals surface area contributed by atoms with Crippen LogP contribution in [0.5, 0.6) is 0 Å². The molecule has 3 rings (SSSR count). The van der Waals surface area contributed by atoms with Crippen molar-refractivity contribution in [1.29, 1.82) is 0 Å². The van der Waals surface area contributed by atoms with E-state index in [1.54, 1.807) is 12.1 Å². The molecule has 0 amide bonds. The summed E-state index contributed by atoms with van der Waals surface area (Å²) >= 11 is 12.1. The van der Waals surface area contributed by atoms with E-state index in [1.165, 1.54) is 0 Å². The Bertz CT molecular complexity index is 773. The summed E-state index contributed by atoms with van der Waals surface area (Å²) in [5, 5.41) is 0.990. The number of hydrogen-bond donors (Lipinski definition) is 0. The lowest BCUT2D eigenvalue weighted by Gasteiger charge is -2.08. The van der Waals surface area contributed by atoms with Gasteiger partial charge >= 0.3 is 0 Å². The molecule has 0 radical (unpaired) electrons. The highest BCUT2D eigenvalue weighted by atomic mass is 35.5. The maximum absolute atomic E-state index is 12.4. The molecule has 2 aromatic rings. The van der Waals surface area contributed by atoms with Gasteiger partial charge in [0.25, 0.3) is 0 Å². The average molecular weight is 315 g/mol. The number of rotatable bonds is 2. The first-order chi connectivity index (χ1) is 10.1. The SMILES string of the molecule is C=C1CC(c2ccc(Cl)c(Cl)c2)=C(c2ccccc2)C1=O. The van der Waals surface area contributed by atoms with Crippen LogP contribution in [0, 0.1) is 0 Å². The van der Waals surface area contributed by atoms with E-state index in [4.69, 9.17) is 23.2 Å². The summed E-state index contributed by atoms with van der Waals surface area (Å²) in [6.45, 7) is 3.88. The minimum Gasteiger partial charge on any atom is -0.289 e. The number of benzene rings is 2. The van der Waals surface area contributed by atoms with Crippen molar-refractivity contribution < 1.29 is 4.79 Å². The highest BCUT2D eigenvalue weighted by Gasteiger charge is 2.28. The molecule has 1 aliphatic rings. The van der Waals surface area contributed by atoms with E-state index in [-0.39, 0.29) is 5.78 Å². The molecule has 0 saturated heterocycles. The fourth-order valence-electron chi connectivity index (χ4n) is 2.54.